The van der Waals surface area contributed by atoms with Gasteiger partial charge in [-0.3, -0.25) is 10.1 Å². The molecule has 0 aliphatic heterocycles. The molecule has 1 aromatic heterocycles. The van der Waals surface area contributed by atoms with Crippen LogP contribution in [0.25, 0.3) is 16.7 Å². The zero-order chi connectivity index (χ0) is 19.6. The summed E-state index contributed by atoms with van der Waals surface area (Å²) in [6, 6.07) is 12.7. The molecule has 6 nitrogen and oxygen atoms in total. The third-order valence-electron chi connectivity index (χ3n) is 3.75. The number of aryl methyl sites for hydroxylation is 1. The number of non-ortho nitro benzene ring substituents is 1. The van der Waals surface area contributed by atoms with Crippen molar-refractivity contribution in [3.05, 3.63) is 80.0 Å². The molecule has 134 valence electrons. The van der Waals surface area contributed by atoms with E-state index >= 15 is 0 Å². The second-order valence-corrected chi connectivity index (χ2v) is 6.38. The first-order valence-corrected chi connectivity index (χ1v) is 8.44. The molecule has 3 aromatic rings. The Morgan fingerprint density at radius 2 is 1.93 bits per heavy atom. The predicted molar refractivity (Wildman–Crippen MR) is 104 cm³/mol. The van der Waals surface area contributed by atoms with Crippen molar-refractivity contribution >= 4 is 45.6 Å². The normalized spacial score (nSPS) is 11.3. The van der Waals surface area contributed by atoms with Gasteiger partial charge >= 0.3 is 0 Å². The lowest BCUT2D eigenvalue weighted by Crippen LogP contribution is -1.99. The quantitative estimate of drug-likeness (QED) is 0.243. The van der Waals surface area contributed by atoms with Gasteiger partial charge in [0.05, 0.1) is 27.1 Å². The Hall–Kier alpha value is -3.14. The predicted octanol–water partition coefficient (Wildman–Crippen LogP) is 5.70. The smallest absolute Gasteiger partial charge is 0.269 e. The maximum atomic E-state index is 10.8. The summed E-state index contributed by atoms with van der Waals surface area (Å²) in [5.41, 5.74) is 1.61. The van der Waals surface area contributed by atoms with Crippen molar-refractivity contribution in [2.45, 2.75) is 6.92 Å². The van der Waals surface area contributed by atoms with Gasteiger partial charge in [0, 0.05) is 28.8 Å². The van der Waals surface area contributed by atoms with Crippen LogP contribution in [0.2, 0.25) is 10.0 Å². The van der Waals surface area contributed by atoms with E-state index in [0.29, 0.717) is 21.5 Å². The van der Waals surface area contributed by atoms with E-state index in [2.05, 4.69) is 4.98 Å². The molecule has 0 unspecified atom stereocenters. The number of pyridine rings is 1. The van der Waals surface area contributed by atoms with E-state index < -0.39 is 4.92 Å². The Labute approximate surface area is 164 Å². The van der Waals surface area contributed by atoms with Crippen molar-refractivity contribution in [3.63, 3.8) is 0 Å². The van der Waals surface area contributed by atoms with Crippen molar-refractivity contribution in [2.75, 3.05) is 0 Å². The molecule has 0 aliphatic rings. The Kier molecular flexibility index (Phi) is 5.26. The molecule has 0 bridgehead atoms. The van der Waals surface area contributed by atoms with Crippen molar-refractivity contribution in [1.29, 1.82) is 5.26 Å². The highest BCUT2D eigenvalue weighted by atomic mass is 35.5. The van der Waals surface area contributed by atoms with Crippen LogP contribution in [0, 0.1) is 28.4 Å². The molecule has 2 aromatic carbocycles. The number of fused-ring (bicyclic) bond motifs is 1. The fraction of sp³-hybridized carbons (Fsp3) is 0.0526. The number of nitrogens with zero attached hydrogens (tertiary/aromatic N) is 3. The van der Waals surface area contributed by atoms with Gasteiger partial charge in [0.2, 0.25) is 0 Å². The van der Waals surface area contributed by atoms with Crippen LogP contribution < -0.4 is 4.74 Å². The summed E-state index contributed by atoms with van der Waals surface area (Å²) in [5, 5.41) is 21.2. The molecule has 0 spiro atoms. The third-order valence-corrected chi connectivity index (χ3v) is 4.34. The van der Waals surface area contributed by atoms with E-state index in [9.17, 15) is 10.1 Å². The van der Waals surface area contributed by atoms with Crippen molar-refractivity contribution in [3.8, 4) is 11.8 Å². The molecule has 3 rings (SSSR count). The third kappa shape index (κ3) is 3.85. The van der Waals surface area contributed by atoms with Gasteiger partial charge < -0.3 is 4.74 Å². The molecule has 0 fully saturated rings. The Morgan fingerprint density at radius 3 is 2.56 bits per heavy atom. The summed E-state index contributed by atoms with van der Waals surface area (Å²) in [4.78, 5) is 14.8. The van der Waals surface area contributed by atoms with Crippen LogP contribution in [0.4, 0.5) is 5.69 Å². The van der Waals surface area contributed by atoms with Gasteiger partial charge in [-0.2, -0.15) is 5.26 Å². The van der Waals surface area contributed by atoms with E-state index in [1.165, 1.54) is 36.4 Å². The topological polar surface area (TPSA) is 89.0 Å². The number of hydrogen-bond acceptors (Lipinski definition) is 5. The highest BCUT2D eigenvalue weighted by Gasteiger charge is 2.16. The number of allylic oxidation sites excluding steroid dienone is 1. The minimum Gasteiger partial charge on any atom is -0.452 e. The van der Waals surface area contributed by atoms with Crippen LogP contribution in [0.3, 0.4) is 0 Å². The number of rotatable bonds is 4. The van der Waals surface area contributed by atoms with Gasteiger partial charge in [-0.1, -0.05) is 23.2 Å². The Bertz CT molecular complexity index is 1120. The average Bonchev–Trinajstić information content (AvgIpc) is 2.64. The summed E-state index contributed by atoms with van der Waals surface area (Å²) in [5.74, 6) is 0.431. The first kappa shape index (κ1) is 18.6. The second kappa shape index (κ2) is 7.62. The van der Waals surface area contributed by atoms with Crippen LogP contribution in [0.15, 0.2) is 48.5 Å². The summed E-state index contributed by atoms with van der Waals surface area (Å²) in [6.07, 6.45) is 1.19. The van der Waals surface area contributed by atoms with Gasteiger partial charge in [-0.05, 0) is 37.3 Å². The zero-order valence-electron chi connectivity index (χ0n) is 13.9. The monoisotopic (exact) mass is 399 g/mol. The second-order valence-electron chi connectivity index (χ2n) is 5.56. The van der Waals surface area contributed by atoms with Gasteiger partial charge in [-0.15, -0.1) is 0 Å². The molecule has 27 heavy (non-hydrogen) atoms. The van der Waals surface area contributed by atoms with Crippen LogP contribution in [-0.4, -0.2) is 9.91 Å². The lowest BCUT2D eigenvalue weighted by molar-refractivity contribution is -0.384. The van der Waals surface area contributed by atoms with E-state index in [1.54, 1.807) is 0 Å². The fourth-order valence-electron chi connectivity index (χ4n) is 2.47. The van der Waals surface area contributed by atoms with E-state index in [4.69, 9.17) is 33.2 Å². The molecule has 0 saturated heterocycles. The summed E-state index contributed by atoms with van der Waals surface area (Å²) >= 11 is 12.5. The van der Waals surface area contributed by atoms with Crippen molar-refractivity contribution in [2.24, 2.45) is 0 Å². The van der Waals surface area contributed by atoms with Crippen molar-refractivity contribution in [1.82, 2.24) is 4.98 Å². The van der Waals surface area contributed by atoms with E-state index in [-0.39, 0.29) is 22.2 Å². The SMILES string of the molecule is Cc1ccc2c(Cl)cc(Cl)c(O/C(=C/C#N)c3ccc([N+](=O)[O-])cc3)c2n1. The maximum absolute atomic E-state index is 10.8. The molecular formula is C19H11Cl2N3O3. The number of nitro groups is 1. The molecule has 0 aliphatic carbocycles. The lowest BCUT2D eigenvalue weighted by Gasteiger charge is -2.14. The van der Waals surface area contributed by atoms with Gasteiger partial charge in [0.25, 0.3) is 5.69 Å². The minimum atomic E-state index is -0.505. The molecule has 1 heterocycles. The zero-order valence-corrected chi connectivity index (χ0v) is 15.5. The van der Waals surface area contributed by atoms with E-state index in [0.717, 1.165) is 5.69 Å². The number of ether oxygens (including phenoxy) is 1. The Morgan fingerprint density at radius 1 is 1.22 bits per heavy atom. The number of nitro benzene ring substituents is 1. The molecule has 8 heteroatoms. The molecular weight excluding hydrogens is 389 g/mol. The molecule has 0 amide bonds. The standard InChI is InChI=1S/C19H11Cl2N3O3/c1-11-2-7-14-15(20)10-16(21)19(18(14)23-11)27-17(8-9-22)12-3-5-13(6-4-12)24(25)26/h2-8,10H,1H3/b17-8+. The maximum Gasteiger partial charge on any atom is 0.269 e. The molecule has 0 N–H and O–H groups in total. The number of benzene rings is 2. The first-order chi connectivity index (χ1) is 12.9. The molecule has 0 radical (unpaired) electrons. The van der Waals surface area contributed by atoms with Crippen LogP contribution in [0.5, 0.6) is 5.75 Å². The number of nitriles is 1. The molecule has 0 atom stereocenters. The number of aromatic nitrogens is 1. The summed E-state index contributed by atoms with van der Waals surface area (Å²) < 4.78 is 5.91. The Balaban J connectivity index is 2.11. The highest BCUT2D eigenvalue weighted by molar-refractivity contribution is 6.39. The largest absolute Gasteiger partial charge is 0.452 e. The number of halogens is 2. The van der Waals surface area contributed by atoms with Crippen molar-refractivity contribution < 1.29 is 9.66 Å². The van der Waals surface area contributed by atoms with E-state index in [1.807, 2.05) is 25.1 Å². The van der Waals surface area contributed by atoms with Gasteiger partial charge in [0.1, 0.15) is 11.3 Å². The summed E-state index contributed by atoms with van der Waals surface area (Å²) in [6.45, 7) is 1.82. The lowest BCUT2D eigenvalue weighted by atomic mass is 10.1. The van der Waals surface area contributed by atoms with Gasteiger partial charge in [0.15, 0.2) is 5.75 Å². The first-order valence-electron chi connectivity index (χ1n) is 7.68. The average molecular weight is 400 g/mol. The highest BCUT2D eigenvalue weighted by Crippen LogP contribution is 2.39. The van der Waals surface area contributed by atoms with Gasteiger partial charge in [-0.25, -0.2) is 4.98 Å². The minimum absolute atomic E-state index is 0.0673. The van der Waals surface area contributed by atoms with Crippen LogP contribution in [0.1, 0.15) is 11.3 Å². The van der Waals surface area contributed by atoms with Crippen LogP contribution >= 0.6 is 23.2 Å². The van der Waals surface area contributed by atoms with Crippen LogP contribution in [-0.2, 0) is 0 Å². The summed E-state index contributed by atoms with van der Waals surface area (Å²) in [7, 11) is 0. The molecule has 0 saturated carbocycles. The fourth-order valence-corrected chi connectivity index (χ4v) is 3.03. The number of hydrogen-bond donors (Lipinski definition) is 0.